The van der Waals surface area contributed by atoms with E-state index in [-0.39, 0.29) is 25.5 Å². The Kier molecular flexibility index (Phi) is 56.2. The van der Waals surface area contributed by atoms with E-state index in [9.17, 15) is 19.4 Å². The molecule has 0 saturated carbocycles. The van der Waals surface area contributed by atoms with Gasteiger partial charge in [-0.1, -0.05) is 277 Å². The summed E-state index contributed by atoms with van der Waals surface area (Å²) in [4.78, 5) is 23.3. The summed E-state index contributed by atoms with van der Waals surface area (Å²) in [6.45, 7) is 4.65. The third-order valence-electron chi connectivity index (χ3n) is 13.7. The fourth-order valence-electron chi connectivity index (χ4n) is 8.72. The molecular formula is C69H122N2O6P+. The van der Waals surface area contributed by atoms with Crippen LogP contribution < -0.4 is 5.32 Å². The fraction of sp³-hybridized carbons (Fsp3) is 0.696. The van der Waals surface area contributed by atoms with Crippen molar-refractivity contribution in [2.24, 2.45) is 0 Å². The first-order chi connectivity index (χ1) is 38.0. The normalized spacial score (nSPS) is 14.6. The van der Waals surface area contributed by atoms with Crippen molar-refractivity contribution >= 4 is 13.7 Å². The molecule has 0 saturated heterocycles. The number of nitrogens with one attached hydrogen (secondary N) is 1. The molecule has 0 rings (SSSR count). The van der Waals surface area contributed by atoms with Crippen LogP contribution in [0, 0.1) is 0 Å². The van der Waals surface area contributed by atoms with Crippen LogP contribution in [0.15, 0.2) is 122 Å². The molecule has 0 spiro atoms. The highest BCUT2D eigenvalue weighted by Gasteiger charge is 2.27. The van der Waals surface area contributed by atoms with Crippen LogP contribution in [0.5, 0.6) is 0 Å². The van der Waals surface area contributed by atoms with Gasteiger partial charge in [-0.2, -0.15) is 0 Å². The standard InChI is InChI=1S/C69H121N2O6P/c1-6-8-10-12-14-16-18-20-22-24-26-28-30-32-34-35-37-38-40-42-44-46-48-50-52-54-56-58-60-62-68(72)67(66-77-78(74,75)76-65-64-71(3,4)5)70-69(73)63-61-59-57-55-53-51-49-47-45-43-41-39-36-33-31-29-27-25-23-21-19-17-15-13-11-9-7-2/h9,11,15,17,21,23,27,29,33,36,41,43,47,49,52-55,60,62,67-68,72H,6-8,10,12-14,16,18-20,22,24-26,28,30-32,34-35,37-40,42,44-46,48,50-51,56-59,61,63-66H2,1-5H3,(H-,70,73,74,75)/p+1/b11-9-,17-15-,23-21-,29-27-,36-33-,43-41-,49-47-,54-52+,55-53-,62-60+. The SMILES string of the molecule is CC/C=C\C/C=C\C/C=C\C/C=C\C/C=C\C/C=C\C/C=C\C/C=C\CCCCC(=O)NC(COP(=O)(O)OCC[N+](C)(C)C)C(O)/C=C/CC/C=C/CCCCCCCCCCCCCCCCCCCCCCCCC. The molecule has 448 valence electrons. The molecule has 0 heterocycles. The summed E-state index contributed by atoms with van der Waals surface area (Å²) in [7, 11) is 1.51. The third-order valence-corrected chi connectivity index (χ3v) is 14.6. The van der Waals surface area contributed by atoms with Gasteiger partial charge >= 0.3 is 7.82 Å². The van der Waals surface area contributed by atoms with E-state index in [0.29, 0.717) is 17.4 Å². The van der Waals surface area contributed by atoms with E-state index >= 15 is 0 Å². The number of phosphoric acid groups is 1. The number of allylic oxidation sites excluding steroid dienone is 19. The Morgan fingerprint density at radius 3 is 1.18 bits per heavy atom. The highest BCUT2D eigenvalue weighted by molar-refractivity contribution is 7.47. The number of quaternary nitrogens is 1. The lowest BCUT2D eigenvalue weighted by molar-refractivity contribution is -0.870. The van der Waals surface area contributed by atoms with Gasteiger partial charge < -0.3 is 19.8 Å². The number of carbonyl (C=O) groups excluding carboxylic acids is 1. The molecule has 0 aromatic heterocycles. The number of aliphatic hydroxyl groups excluding tert-OH is 1. The second-order valence-corrected chi connectivity index (χ2v) is 23.8. The third kappa shape index (κ3) is 60.5. The minimum Gasteiger partial charge on any atom is -0.387 e. The highest BCUT2D eigenvalue weighted by Crippen LogP contribution is 2.43. The number of hydrogen-bond acceptors (Lipinski definition) is 5. The molecular weight excluding hydrogens is 984 g/mol. The molecule has 3 atom stereocenters. The van der Waals surface area contributed by atoms with Crippen LogP contribution >= 0.6 is 7.82 Å². The van der Waals surface area contributed by atoms with Gasteiger partial charge in [-0.05, 0) is 96.3 Å². The number of phosphoric ester groups is 1. The second kappa shape index (κ2) is 58.6. The Balaban J connectivity index is 4.30. The van der Waals surface area contributed by atoms with E-state index in [4.69, 9.17) is 9.05 Å². The maximum Gasteiger partial charge on any atom is 0.472 e. The maximum atomic E-state index is 13.0. The molecule has 0 aliphatic rings. The average molecular weight is 1110 g/mol. The van der Waals surface area contributed by atoms with E-state index in [1.54, 1.807) is 6.08 Å². The Hall–Kier alpha value is -3.10. The van der Waals surface area contributed by atoms with E-state index in [2.05, 4.69) is 129 Å². The summed E-state index contributed by atoms with van der Waals surface area (Å²) < 4.78 is 23.7. The number of carbonyl (C=O) groups is 1. The molecule has 0 fully saturated rings. The minimum absolute atomic E-state index is 0.0407. The van der Waals surface area contributed by atoms with Gasteiger partial charge in [-0.3, -0.25) is 13.8 Å². The van der Waals surface area contributed by atoms with Gasteiger partial charge in [0.1, 0.15) is 13.2 Å². The number of unbranched alkanes of at least 4 members (excludes halogenated alkanes) is 26. The first-order valence-electron chi connectivity index (χ1n) is 31.9. The minimum atomic E-state index is -4.38. The molecule has 0 aliphatic heterocycles. The van der Waals surface area contributed by atoms with Gasteiger partial charge in [-0.25, -0.2) is 4.57 Å². The number of amides is 1. The van der Waals surface area contributed by atoms with Gasteiger partial charge in [0.25, 0.3) is 0 Å². The predicted molar refractivity (Wildman–Crippen MR) is 341 cm³/mol. The number of rotatable bonds is 57. The Labute approximate surface area is 482 Å². The van der Waals surface area contributed by atoms with Crippen LogP contribution in [0.1, 0.15) is 258 Å². The van der Waals surface area contributed by atoms with Crippen molar-refractivity contribution in [1.82, 2.24) is 5.32 Å². The summed E-state index contributed by atoms with van der Waals surface area (Å²) in [5, 5.41) is 13.9. The Bertz CT molecular complexity index is 1680. The van der Waals surface area contributed by atoms with Crippen LogP contribution in [0.25, 0.3) is 0 Å². The van der Waals surface area contributed by atoms with Crippen molar-refractivity contribution < 1.29 is 32.9 Å². The Morgan fingerprint density at radius 2 is 0.782 bits per heavy atom. The molecule has 9 heteroatoms. The molecule has 78 heavy (non-hydrogen) atoms. The molecule has 0 radical (unpaired) electrons. The van der Waals surface area contributed by atoms with Gasteiger partial charge in [0.05, 0.1) is 39.9 Å². The number of hydrogen-bond donors (Lipinski definition) is 3. The molecule has 1 amide bonds. The molecule has 3 N–H and O–H groups in total. The quantitative estimate of drug-likeness (QED) is 0.0243. The van der Waals surface area contributed by atoms with E-state index in [1.807, 2.05) is 27.2 Å². The van der Waals surface area contributed by atoms with Gasteiger partial charge in [0.15, 0.2) is 0 Å². The van der Waals surface area contributed by atoms with Crippen LogP contribution in [0.3, 0.4) is 0 Å². The molecule has 0 bridgehead atoms. The topological polar surface area (TPSA) is 105 Å². The highest BCUT2D eigenvalue weighted by atomic mass is 31.2. The molecule has 0 aromatic carbocycles. The van der Waals surface area contributed by atoms with Crippen molar-refractivity contribution in [3.63, 3.8) is 0 Å². The number of likely N-dealkylation sites (N-methyl/N-ethyl adjacent to an activating group) is 1. The van der Waals surface area contributed by atoms with E-state index < -0.39 is 20.0 Å². The van der Waals surface area contributed by atoms with Crippen LogP contribution in [0.2, 0.25) is 0 Å². The summed E-state index contributed by atoms with van der Waals surface area (Å²) in [5.41, 5.74) is 0. The van der Waals surface area contributed by atoms with Crippen molar-refractivity contribution in [3.05, 3.63) is 122 Å². The molecule has 0 aromatic rings. The Morgan fingerprint density at radius 1 is 0.449 bits per heavy atom. The van der Waals surface area contributed by atoms with Gasteiger partial charge in [0, 0.05) is 6.42 Å². The average Bonchev–Trinajstić information content (AvgIpc) is 3.41. The second-order valence-electron chi connectivity index (χ2n) is 22.4. The zero-order chi connectivity index (χ0) is 57.0. The monoisotopic (exact) mass is 1110 g/mol. The molecule has 0 aliphatic carbocycles. The molecule has 3 unspecified atom stereocenters. The van der Waals surface area contributed by atoms with Crippen LogP contribution in [-0.4, -0.2) is 73.4 Å². The van der Waals surface area contributed by atoms with Gasteiger partial charge in [-0.15, -0.1) is 0 Å². The van der Waals surface area contributed by atoms with Gasteiger partial charge in [0.2, 0.25) is 5.91 Å². The van der Waals surface area contributed by atoms with Crippen molar-refractivity contribution in [2.75, 3.05) is 40.9 Å². The first kappa shape index (κ1) is 74.9. The summed E-state index contributed by atoms with van der Waals surface area (Å²) in [6.07, 6.45) is 87.6. The van der Waals surface area contributed by atoms with Crippen molar-refractivity contribution in [3.8, 4) is 0 Å². The van der Waals surface area contributed by atoms with E-state index in [0.717, 1.165) is 83.5 Å². The van der Waals surface area contributed by atoms with Crippen molar-refractivity contribution in [2.45, 2.75) is 270 Å². The zero-order valence-electron chi connectivity index (χ0n) is 51.1. The van der Waals surface area contributed by atoms with Crippen molar-refractivity contribution in [1.29, 1.82) is 0 Å². The van der Waals surface area contributed by atoms with E-state index in [1.165, 1.54) is 148 Å². The largest absolute Gasteiger partial charge is 0.472 e. The van der Waals surface area contributed by atoms with Crippen LogP contribution in [0.4, 0.5) is 0 Å². The smallest absolute Gasteiger partial charge is 0.387 e. The fourth-order valence-corrected chi connectivity index (χ4v) is 9.46. The predicted octanol–water partition coefficient (Wildman–Crippen LogP) is 20.1. The van der Waals surface area contributed by atoms with Crippen LogP contribution in [-0.2, 0) is 18.4 Å². The number of aliphatic hydroxyl groups is 1. The lowest BCUT2D eigenvalue weighted by atomic mass is 10.0. The molecule has 8 nitrogen and oxygen atoms in total. The zero-order valence-corrected chi connectivity index (χ0v) is 52.0. The summed E-state index contributed by atoms with van der Waals surface area (Å²) in [6, 6.07) is -0.898. The number of nitrogens with zero attached hydrogens (tertiary/aromatic N) is 1. The summed E-state index contributed by atoms with van der Waals surface area (Å²) in [5.74, 6) is -0.232. The summed E-state index contributed by atoms with van der Waals surface area (Å²) >= 11 is 0. The maximum absolute atomic E-state index is 13.0. The lowest BCUT2D eigenvalue weighted by Gasteiger charge is -2.25. The lowest BCUT2D eigenvalue weighted by Crippen LogP contribution is -2.45. The first-order valence-corrected chi connectivity index (χ1v) is 33.4.